The molecule has 0 N–H and O–H groups in total. The van der Waals surface area contributed by atoms with E-state index >= 15 is 0 Å². The minimum atomic E-state index is -0.233. The summed E-state index contributed by atoms with van der Waals surface area (Å²) in [5, 5.41) is 4.76. The highest BCUT2D eigenvalue weighted by molar-refractivity contribution is 6.69. The molecule has 0 amide bonds. The second kappa shape index (κ2) is 5.73. The van der Waals surface area contributed by atoms with Crippen molar-refractivity contribution in [1.29, 1.82) is 0 Å². The SMILES string of the molecule is CC(C)n1cc(B2CC(C)(C)C(C)(C)O2)c(-c2ccc(F)cc2)n1. The average molecular weight is 328 g/mol. The lowest BCUT2D eigenvalue weighted by atomic mass is 9.54. The lowest BCUT2D eigenvalue weighted by Crippen LogP contribution is -2.36. The Morgan fingerprint density at radius 3 is 2.29 bits per heavy atom. The molecule has 2 heterocycles. The van der Waals surface area contributed by atoms with Crippen LogP contribution in [0.4, 0.5) is 4.39 Å². The lowest BCUT2D eigenvalue weighted by molar-refractivity contribution is 0.0375. The standard InChI is InChI=1S/C19H26BFN2O/c1-13(2)23-11-16(20-12-18(3,4)19(5,6)24-20)17(22-23)14-7-9-15(21)10-8-14/h7-11,13H,12H2,1-6H3. The quantitative estimate of drug-likeness (QED) is 0.786. The molecule has 1 saturated heterocycles. The van der Waals surface area contributed by atoms with E-state index < -0.39 is 0 Å². The first-order valence-electron chi connectivity index (χ1n) is 8.63. The van der Waals surface area contributed by atoms with E-state index in [2.05, 4.69) is 47.7 Å². The van der Waals surface area contributed by atoms with Gasteiger partial charge in [0.2, 0.25) is 0 Å². The van der Waals surface area contributed by atoms with E-state index in [1.54, 1.807) is 12.1 Å². The van der Waals surface area contributed by atoms with Crippen LogP contribution in [0.3, 0.4) is 0 Å². The summed E-state index contributed by atoms with van der Waals surface area (Å²) in [4.78, 5) is 0. The van der Waals surface area contributed by atoms with Crippen molar-refractivity contribution in [3.8, 4) is 11.3 Å². The Hall–Kier alpha value is -1.62. The third-order valence-corrected chi connectivity index (χ3v) is 5.52. The molecule has 3 nitrogen and oxygen atoms in total. The van der Waals surface area contributed by atoms with Crippen molar-refractivity contribution >= 4 is 12.4 Å². The summed E-state index contributed by atoms with van der Waals surface area (Å²) in [6.45, 7) is 13.0. The summed E-state index contributed by atoms with van der Waals surface area (Å²) < 4.78 is 21.7. The molecule has 1 aliphatic rings. The zero-order valence-corrected chi connectivity index (χ0v) is 15.4. The number of aromatic nitrogens is 2. The zero-order chi connectivity index (χ0) is 17.7. The van der Waals surface area contributed by atoms with Gasteiger partial charge in [0.1, 0.15) is 5.82 Å². The number of benzene rings is 1. The van der Waals surface area contributed by atoms with Gasteiger partial charge in [0.25, 0.3) is 0 Å². The third-order valence-electron chi connectivity index (χ3n) is 5.52. The summed E-state index contributed by atoms with van der Waals surface area (Å²) in [5.74, 6) is -0.233. The van der Waals surface area contributed by atoms with Gasteiger partial charge in [-0.05, 0) is 69.2 Å². The van der Waals surface area contributed by atoms with Crippen LogP contribution in [-0.2, 0) is 4.65 Å². The number of rotatable bonds is 3. The summed E-state index contributed by atoms with van der Waals surface area (Å²) in [5.41, 5.74) is 2.79. The molecule has 5 heteroatoms. The Balaban J connectivity index is 2.06. The molecule has 1 aromatic heterocycles. The van der Waals surface area contributed by atoms with Crippen molar-refractivity contribution in [1.82, 2.24) is 9.78 Å². The second-order valence-electron chi connectivity index (χ2n) is 8.22. The predicted molar refractivity (Wildman–Crippen MR) is 97.1 cm³/mol. The van der Waals surface area contributed by atoms with Crippen LogP contribution in [0, 0.1) is 11.2 Å². The van der Waals surface area contributed by atoms with Crippen LogP contribution in [0.15, 0.2) is 30.5 Å². The molecule has 1 aromatic carbocycles. The van der Waals surface area contributed by atoms with E-state index in [9.17, 15) is 4.39 Å². The first-order chi connectivity index (χ1) is 11.1. The maximum Gasteiger partial charge on any atom is 0.331 e. The van der Waals surface area contributed by atoms with Gasteiger partial charge in [-0.15, -0.1) is 0 Å². The van der Waals surface area contributed by atoms with E-state index in [-0.39, 0.29) is 29.8 Å². The molecule has 128 valence electrons. The number of hydrogen-bond acceptors (Lipinski definition) is 2. The van der Waals surface area contributed by atoms with Gasteiger partial charge in [-0.1, -0.05) is 13.8 Å². The number of nitrogens with zero attached hydrogens (tertiary/aromatic N) is 2. The Morgan fingerprint density at radius 2 is 1.79 bits per heavy atom. The first kappa shape index (κ1) is 17.2. The van der Waals surface area contributed by atoms with E-state index in [0.29, 0.717) is 0 Å². The molecule has 0 spiro atoms. The molecule has 0 unspecified atom stereocenters. The van der Waals surface area contributed by atoms with E-state index in [1.807, 2.05) is 4.68 Å². The molecule has 0 bridgehead atoms. The van der Waals surface area contributed by atoms with Crippen LogP contribution < -0.4 is 5.46 Å². The maximum atomic E-state index is 13.3. The van der Waals surface area contributed by atoms with Crippen molar-refractivity contribution < 1.29 is 9.04 Å². The molecule has 0 radical (unpaired) electrons. The highest BCUT2D eigenvalue weighted by Gasteiger charge is 2.50. The van der Waals surface area contributed by atoms with Crippen molar-refractivity contribution in [3.05, 3.63) is 36.3 Å². The molecule has 1 fully saturated rings. The maximum absolute atomic E-state index is 13.3. The van der Waals surface area contributed by atoms with Crippen LogP contribution in [0.5, 0.6) is 0 Å². The predicted octanol–water partition coefficient (Wildman–Crippen LogP) is 4.30. The van der Waals surface area contributed by atoms with Gasteiger partial charge < -0.3 is 4.65 Å². The van der Waals surface area contributed by atoms with Crippen molar-refractivity contribution in [2.45, 2.75) is 59.5 Å². The minimum absolute atomic E-state index is 0.00236. The molecule has 2 aromatic rings. The molecular weight excluding hydrogens is 302 g/mol. The van der Waals surface area contributed by atoms with Gasteiger partial charge >= 0.3 is 6.92 Å². The Labute approximate surface area is 144 Å². The van der Waals surface area contributed by atoms with E-state index in [0.717, 1.165) is 23.0 Å². The summed E-state index contributed by atoms with van der Waals surface area (Å²) in [6, 6.07) is 6.81. The van der Waals surface area contributed by atoms with Crippen LogP contribution >= 0.6 is 0 Å². The summed E-state index contributed by atoms with van der Waals surface area (Å²) in [6.07, 6.45) is 3.03. The molecule has 0 aliphatic carbocycles. The van der Waals surface area contributed by atoms with Crippen LogP contribution in [0.2, 0.25) is 6.32 Å². The van der Waals surface area contributed by atoms with Crippen LogP contribution in [0.25, 0.3) is 11.3 Å². The largest absolute Gasteiger partial charge is 0.425 e. The van der Waals surface area contributed by atoms with Crippen molar-refractivity contribution in [2.75, 3.05) is 0 Å². The van der Waals surface area contributed by atoms with Gasteiger partial charge in [-0.3, -0.25) is 4.68 Å². The second-order valence-corrected chi connectivity index (χ2v) is 8.22. The van der Waals surface area contributed by atoms with Gasteiger partial charge in [0.15, 0.2) is 0 Å². The fraction of sp³-hybridized carbons (Fsp3) is 0.526. The minimum Gasteiger partial charge on any atom is -0.425 e. The summed E-state index contributed by atoms with van der Waals surface area (Å²) >= 11 is 0. The fourth-order valence-electron chi connectivity index (χ4n) is 3.18. The highest BCUT2D eigenvalue weighted by atomic mass is 19.1. The summed E-state index contributed by atoms with van der Waals surface area (Å²) in [7, 11) is 0. The van der Waals surface area contributed by atoms with Crippen molar-refractivity contribution in [2.24, 2.45) is 5.41 Å². The topological polar surface area (TPSA) is 27.1 Å². The van der Waals surface area contributed by atoms with Gasteiger partial charge in [-0.2, -0.15) is 5.10 Å². The molecule has 24 heavy (non-hydrogen) atoms. The third kappa shape index (κ3) is 2.90. The molecular formula is C19H26BFN2O. The lowest BCUT2D eigenvalue weighted by Gasteiger charge is -2.34. The Morgan fingerprint density at radius 1 is 1.17 bits per heavy atom. The van der Waals surface area contributed by atoms with Crippen LogP contribution in [0.1, 0.15) is 47.6 Å². The molecule has 0 atom stereocenters. The molecule has 0 saturated carbocycles. The first-order valence-corrected chi connectivity index (χ1v) is 8.63. The van der Waals surface area contributed by atoms with Crippen molar-refractivity contribution in [3.63, 3.8) is 0 Å². The zero-order valence-electron chi connectivity index (χ0n) is 15.4. The van der Waals surface area contributed by atoms with Gasteiger partial charge in [0.05, 0.1) is 11.3 Å². The van der Waals surface area contributed by atoms with Gasteiger partial charge in [0, 0.05) is 17.8 Å². The molecule has 1 aliphatic heterocycles. The molecule has 3 rings (SSSR count). The van der Waals surface area contributed by atoms with E-state index in [4.69, 9.17) is 9.75 Å². The number of hydrogen-bond donors (Lipinski definition) is 0. The van der Waals surface area contributed by atoms with Crippen LogP contribution in [-0.4, -0.2) is 22.3 Å². The van der Waals surface area contributed by atoms with E-state index in [1.165, 1.54) is 12.1 Å². The number of halogens is 1. The average Bonchev–Trinajstić information content (AvgIpc) is 3.00. The monoisotopic (exact) mass is 328 g/mol. The fourth-order valence-corrected chi connectivity index (χ4v) is 3.18. The normalized spacial score (nSPS) is 19.2. The smallest absolute Gasteiger partial charge is 0.331 e. The van der Waals surface area contributed by atoms with Gasteiger partial charge in [-0.25, -0.2) is 4.39 Å². The Kier molecular flexibility index (Phi) is 4.11. The Bertz CT molecular complexity index is 718. The highest BCUT2D eigenvalue weighted by Crippen LogP contribution is 2.45.